The van der Waals surface area contributed by atoms with Crippen LogP contribution in [0.4, 0.5) is 0 Å². The van der Waals surface area contributed by atoms with Crippen LogP contribution in [0.15, 0.2) is 30.3 Å². The van der Waals surface area contributed by atoms with Gasteiger partial charge in [0.2, 0.25) is 11.8 Å². The van der Waals surface area contributed by atoms with E-state index in [2.05, 4.69) is 12.2 Å². The van der Waals surface area contributed by atoms with Crippen molar-refractivity contribution in [3.63, 3.8) is 0 Å². The number of unbranched alkanes of at least 4 members (excludes halogenated alkanes) is 1. The zero-order chi connectivity index (χ0) is 14.8. The first-order valence-corrected chi connectivity index (χ1v) is 7.19. The number of hydrogen-bond acceptors (Lipinski definition) is 2. The van der Waals surface area contributed by atoms with Gasteiger partial charge < -0.3 is 10.2 Å². The fourth-order valence-corrected chi connectivity index (χ4v) is 1.92. The van der Waals surface area contributed by atoms with E-state index in [-0.39, 0.29) is 18.4 Å². The molecule has 0 saturated heterocycles. The van der Waals surface area contributed by atoms with Crippen molar-refractivity contribution in [2.24, 2.45) is 0 Å². The van der Waals surface area contributed by atoms with Gasteiger partial charge in [0.1, 0.15) is 0 Å². The minimum atomic E-state index is -0.0905. The Labute approximate surface area is 121 Å². The molecule has 1 aromatic carbocycles. The molecule has 110 valence electrons. The van der Waals surface area contributed by atoms with Crippen LogP contribution in [0.1, 0.15) is 32.3 Å². The number of carbonyl (C=O) groups excluding carboxylic acids is 2. The summed E-state index contributed by atoms with van der Waals surface area (Å²) in [5, 5.41) is 2.86. The summed E-state index contributed by atoms with van der Waals surface area (Å²) in [6.07, 6.45) is 2.75. The van der Waals surface area contributed by atoms with Gasteiger partial charge >= 0.3 is 0 Å². The van der Waals surface area contributed by atoms with E-state index in [0.29, 0.717) is 13.1 Å². The smallest absolute Gasteiger partial charge is 0.239 e. The van der Waals surface area contributed by atoms with Crippen LogP contribution in [0.5, 0.6) is 0 Å². The number of nitrogens with one attached hydrogen (secondary N) is 1. The second-order valence-electron chi connectivity index (χ2n) is 4.88. The predicted octanol–water partition coefficient (Wildman–Crippen LogP) is 1.99. The minimum Gasteiger partial charge on any atom is -0.354 e. The van der Waals surface area contributed by atoms with E-state index in [4.69, 9.17) is 0 Å². The van der Waals surface area contributed by atoms with Crippen LogP contribution < -0.4 is 5.32 Å². The Morgan fingerprint density at radius 2 is 1.90 bits per heavy atom. The molecule has 0 atom stereocenters. The van der Waals surface area contributed by atoms with Gasteiger partial charge in [-0.1, -0.05) is 43.7 Å². The summed E-state index contributed by atoms with van der Waals surface area (Å²) in [5.41, 5.74) is 1.20. The zero-order valence-corrected chi connectivity index (χ0v) is 12.4. The lowest BCUT2D eigenvalue weighted by Gasteiger charge is -2.20. The van der Waals surface area contributed by atoms with Gasteiger partial charge in [0, 0.05) is 20.0 Å². The highest BCUT2D eigenvalue weighted by molar-refractivity contribution is 5.83. The van der Waals surface area contributed by atoms with Gasteiger partial charge in [0.25, 0.3) is 0 Å². The lowest BCUT2D eigenvalue weighted by Crippen LogP contribution is -2.40. The number of benzene rings is 1. The summed E-state index contributed by atoms with van der Waals surface area (Å²) in [4.78, 5) is 24.8. The highest BCUT2D eigenvalue weighted by Gasteiger charge is 2.12. The third-order valence-corrected chi connectivity index (χ3v) is 3.14. The Morgan fingerprint density at radius 1 is 1.20 bits per heavy atom. The van der Waals surface area contributed by atoms with Crippen molar-refractivity contribution < 1.29 is 9.59 Å². The number of hydrogen-bond donors (Lipinski definition) is 1. The first-order chi connectivity index (χ1) is 9.63. The first-order valence-electron chi connectivity index (χ1n) is 7.19. The van der Waals surface area contributed by atoms with Crippen LogP contribution in [0, 0.1) is 0 Å². The molecule has 1 rings (SSSR count). The highest BCUT2D eigenvalue weighted by atomic mass is 16.2. The molecule has 4 nitrogen and oxygen atoms in total. The lowest BCUT2D eigenvalue weighted by atomic mass is 10.1. The maximum absolute atomic E-state index is 11.8. The van der Waals surface area contributed by atoms with Gasteiger partial charge in [0.15, 0.2) is 0 Å². The normalized spacial score (nSPS) is 10.1. The first kappa shape index (κ1) is 16.2. The van der Waals surface area contributed by atoms with Crippen molar-refractivity contribution in [1.82, 2.24) is 10.2 Å². The van der Waals surface area contributed by atoms with E-state index in [9.17, 15) is 9.59 Å². The fraction of sp³-hybridized carbons (Fsp3) is 0.500. The van der Waals surface area contributed by atoms with E-state index < -0.39 is 0 Å². The van der Waals surface area contributed by atoms with Gasteiger partial charge in [-0.25, -0.2) is 0 Å². The standard InChI is InChI=1S/C16H24N2O2/c1-3-4-12-18(14(2)19)13-16(20)17-11-10-15-8-6-5-7-9-15/h5-9H,3-4,10-13H2,1-2H3,(H,17,20). The molecule has 0 aliphatic carbocycles. The average molecular weight is 276 g/mol. The molecular weight excluding hydrogens is 252 g/mol. The second kappa shape index (κ2) is 9.13. The number of carbonyl (C=O) groups is 2. The van der Waals surface area contributed by atoms with Crippen LogP contribution in [0.3, 0.4) is 0 Å². The summed E-state index contributed by atoms with van der Waals surface area (Å²) >= 11 is 0. The number of rotatable bonds is 8. The molecule has 0 aliphatic rings. The number of nitrogens with zero attached hydrogens (tertiary/aromatic N) is 1. The molecule has 2 amide bonds. The molecule has 0 unspecified atom stereocenters. The van der Waals surface area contributed by atoms with E-state index >= 15 is 0 Å². The molecular formula is C16H24N2O2. The fourth-order valence-electron chi connectivity index (χ4n) is 1.92. The molecule has 0 aliphatic heterocycles. The van der Waals surface area contributed by atoms with E-state index in [1.54, 1.807) is 4.90 Å². The summed E-state index contributed by atoms with van der Waals surface area (Å²) < 4.78 is 0. The molecule has 0 fully saturated rings. The molecule has 0 spiro atoms. The van der Waals surface area contributed by atoms with Crippen molar-refractivity contribution >= 4 is 11.8 Å². The van der Waals surface area contributed by atoms with E-state index in [1.165, 1.54) is 12.5 Å². The Balaban J connectivity index is 2.29. The molecule has 0 bridgehead atoms. The van der Waals surface area contributed by atoms with Crippen LogP contribution >= 0.6 is 0 Å². The molecule has 1 N–H and O–H groups in total. The lowest BCUT2D eigenvalue weighted by molar-refractivity contribution is -0.134. The average Bonchev–Trinajstić information content (AvgIpc) is 2.44. The topological polar surface area (TPSA) is 49.4 Å². The molecule has 20 heavy (non-hydrogen) atoms. The Bertz CT molecular complexity index is 418. The molecule has 1 aromatic rings. The summed E-state index contributed by atoms with van der Waals surface area (Å²) in [6, 6.07) is 10.0. The summed E-state index contributed by atoms with van der Waals surface area (Å²) in [7, 11) is 0. The van der Waals surface area contributed by atoms with Gasteiger partial charge in [-0.05, 0) is 18.4 Å². The van der Waals surface area contributed by atoms with Crippen molar-refractivity contribution in [1.29, 1.82) is 0 Å². The second-order valence-corrected chi connectivity index (χ2v) is 4.88. The van der Waals surface area contributed by atoms with E-state index in [0.717, 1.165) is 19.3 Å². The maximum atomic E-state index is 11.8. The zero-order valence-electron chi connectivity index (χ0n) is 12.4. The van der Waals surface area contributed by atoms with Crippen molar-refractivity contribution in [3.05, 3.63) is 35.9 Å². The molecule has 0 aromatic heterocycles. The number of amides is 2. The Morgan fingerprint density at radius 3 is 2.50 bits per heavy atom. The van der Waals surface area contributed by atoms with Crippen LogP contribution in [-0.4, -0.2) is 36.3 Å². The quantitative estimate of drug-likeness (QED) is 0.789. The van der Waals surface area contributed by atoms with Gasteiger partial charge in [-0.3, -0.25) is 9.59 Å². The highest BCUT2D eigenvalue weighted by Crippen LogP contribution is 1.99. The predicted molar refractivity (Wildman–Crippen MR) is 80.3 cm³/mol. The van der Waals surface area contributed by atoms with Gasteiger partial charge in [0.05, 0.1) is 6.54 Å². The third kappa shape index (κ3) is 6.36. The monoisotopic (exact) mass is 276 g/mol. The van der Waals surface area contributed by atoms with Crippen LogP contribution in [0.2, 0.25) is 0 Å². The van der Waals surface area contributed by atoms with Crippen molar-refractivity contribution in [2.75, 3.05) is 19.6 Å². The SMILES string of the molecule is CCCCN(CC(=O)NCCc1ccccc1)C(C)=O. The van der Waals surface area contributed by atoms with Gasteiger partial charge in [-0.2, -0.15) is 0 Å². The molecule has 0 radical (unpaired) electrons. The molecule has 0 heterocycles. The summed E-state index contributed by atoms with van der Waals surface area (Å²) in [5.74, 6) is -0.135. The van der Waals surface area contributed by atoms with Crippen LogP contribution in [0.25, 0.3) is 0 Å². The maximum Gasteiger partial charge on any atom is 0.239 e. The third-order valence-electron chi connectivity index (χ3n) is 3.14. The Kier molecular flexibility index (Phi) is 7.40. The minimum absolute atomic E-state index is 0.0448. The molecule has 0 saturated carbocycles. The van der Waals surface area contributed by atoms with Crippen molar-refractivity contribution in [2.45, 2.75) is 33.1 Å². The summed E-state index contributed by atoms with van der Waals surface area (Å²) in [6.45, 7) is 4.98. The van der Waals surface area contributed by atoms with Gasteiger partial charge in [-0.15, -0.1) is 0 Å². The van der Waals surface area contributed by atoms with Crippen molar-refractivity contribution in [3.8, 4) is 0 Å². The molecule has 4 heteroatoms. The van der Waals surface area contributed by atoms with Crippen LogP contribution in [-0.2, 0) is 16.0 Å². The van der Waals surface area contributed by atoms with E-state index in [1.807, 2.05) is 30.3 Å². The Hall–Kier alpha value is -1.84. The largest absolute Gasteiger partial charge is 0.354 e.